The number of anilines is 1. The van der Waals surface area contributed by atoms with Gasteiger partial charge in [0.15, 0.2) is 0 Å². The predicted molar refractivity (Wildman–Crippen MR) is 75.7 cm³/mol. The molecule has 19 heavy (non-hydrogen) atoms. The molecule has 1 unspecified atom stereocenters. The molecule has 1 heterocycles. The summed E-state index contributed by atoms with van der Waals surface area (Å²) in [5, 5.41) is 10.4. The number of hydrogen-bond acceptors (Lipinski definition) is 3. The third-order valence-electron chi connectivity index (χ3n) is 3.92. The first-order valence-electron chi connectivity index (χ1n) is 6.67. The summed E-state index contributed by atoms with van der Waals surface area (Å²) in [7, 11) is 0. The van der Waals surface area contributed by atoms with E-state index in [0.717, 1.165) is 18.4 Å². The maximum Gasteiger partial charge on any atom is 0.123 e. The molecule has 3 rings (SSSR count). The van der Waals surface area contributed by atoms with Gasteiger partial charge < -0.3 is 10.8 Å². The lowest BCUT2D eigenvalue weighted by molar-refractivity contribution is 0.113. The van der Waals surface area contributed by atoms with Crippen LogP contribution in [0.1, 0.15) is 16.7 Å². The fourth-order valence-electron chi connectivity index (χ4n) is 2.89. The van der Waals surface area contributed by atoms with Crippen molar-refractivity contribution < 1.29 is 5.11 Å². The van der Waals surface area contributed by atoms with Gasteiger partial charge in [0.05, 0.1) is 6.10 Å². The highest BCUT2D eigenvalue weighted by molar-refractivity contribution is 5.34. The number of benzene rings is 1. The molecule has 0 saturated heterocycles. The third kappa shape index (κ3) is 2.61. The molecule has 3 heteroatoms. The van der Waals surface area contributed by atoms with E-state index in [-0.39, 0.29) is 6.10 Å². The van der Waals surface area contributed by atoms with Crippen LogP contribution in [0.25, 0.3) is 0 Å². The van der Waals surface area contributed by atoms with Gasteiger partial charge in [0, 0.05) is 6.20 Å². The maximum atomic E-state index is 10.4. The summed E-state index contributed by atoms with van der Waals surface area (Å²) in [6, 6.07) is 12.2. The van der Waals surface area contributed by atoms with Crippen LogP contribution in [0.2, 0.25) is 0 Å². The van der Waals surface area contributed by atoms with E-state index >= 15 is 0 Å². The molecule has 1 aromatic heterocycles. The molecule has 0 bridgehead atoms. The van der Waals surface area contributed by atoms with Crippen LogP contribution in [0.3, 0.4) is 0 Å². The van der Waals surface area contributed by atoms with Crippen LogP contribution in [-0.2, 0) is 19.3 Å². The van der Waals surface area contributed by atoms with Crippen LogP contribution in [0, 0.1) is 5.92 Å². The molecule has 1 atom stereocenters. The van der Waals surface area contributed by atoms with Crippen LogP contribution in [0.5, 0.6) is 0 Å². The predicted octanol–water partition coefficient (Wildman–Crippen LogP) is 1.98. The molecule has 2 aromatic rings. The number of fused-ring (bicyclic) bond motifs is 1. The number of pyridine rings is 1. The van der Waals surface area contributed by atoms with Crippen molar-refractivity contribution in [3.05, 3.63) is 59.3 Å². The topological polar surface area (TPSA) is 59.1 Å². The standard InChI is InChI=1S/C16H18N2O/c17-16-8-11(5-6-18-16)7-15(19)14-9-12-3-1-2-4-13(12)10-14/h1-6,8,14-15,19H,7,9-10H2,(H2,17,18). The molecule has 98 valence electrons. The number of nitrogen functional groups attached to an aromatic ring is 1. The lowest BCUT2D eigenvalue weighted by Gasteiger charge is -2.17. The van der Waals surface area contributed by atoms with E-state index in [1.54, 1.807) is 6.20 Å². The highest BCUT2D eigenvalue weighted by Gasteiger charge is 2.27. The molecule has 3 nitrogen and oxygen atoms in total. The number of hydrogen-bond donors (Lipinski definition) is 2. The van der Waals surface area contributed by atoms with Crippen molar-refractivity contribution in [2.45, 2.75) is 25.4 Å². The Morgan fingerprint density at radius 2 is 1.89 bits per heavy atom. The molecule has 0 spiro atoms. The van der Waals surface area contributed by atoms with Gasteiger partial charge in [-0.1, -0.05) is 24.3 Å². The van der Waals surface area contributed by atoms with E-state index in [1.807, 2.05) is 12.1 Å². The average Bonchev–Trinajstić information content (AvgIpc) is 2.82. The summed E-state index contributed by atoms with van der Waals surface area (Å²) < 4.78 is 0. The second kappa shape index (κ2) is 5.02. The average molecular weight is 254 g/mol. The van der Waals surface area contributed by atoms with Crippen molar-refractivity contribution >= 4 is 5.82 Å². The van der Waals surface area contributed by atoms with Gasteiger partial charge in [0.25, 0.3) is 0 Å². The minimum absolute atomic E-state index is 0.312. The highest BCUT2D eigenvalue weighted by Crippen LogP contribution is 2.29. The first-order valence-corrected chi connectivity index (χ1v) is 6.67. The van der Waals surface area contributed by atoms with Gasteiger partial charge in [0.2, 0.25) is 0 Å². The number of rotatable bonds is 3. The van der Waals surface area contributed by atoms with Gasteiger partial charge >= 0.3 is 0 Å². The Labute approximate surface area is 113 Å². The number of aliphatic hydroxyl groups is 1. The Balaban J connectivity index is 1.68. The zero-order valence-electron chi connectivity index (χ0n) is 10.8. The molecule has 0 aliphatic heterocycles. The zero-order chi connectivity index (χ0) is 13.2. The van der Waals surface area contributed by atoms with Crippen molar-refractivity contribution in [2.75, 3.05) is 5.73 Å². The van der Waals surface area contributed by atoms with Crippen molar-refractivity contribution in [3.8, 4) is 0 Å². The smallest absolute Gasteiger partial charge is 0.123 e. The Kier molecular flexibility index (Phi) is 3.22. The number of nitrogens with zero attached hydrogens (tertiary/aromatic N) is 1. The largest absolute Gasteiger partial charge is 0.392 e. The van der Waals surface area contributed by atoms with E-state index in [1.165, 1.54) is 11.1 Å². The molecule has 0 fully saturated rings. The second-order valence-corrected chi connectivity index (χ2v) is 5.30. The van der Waals surface area contributed by atoms with Crippen molar-refractivity contribution in [3.63, 3.8) is 0 Å². The van der Waals surface area contributed by atoms with Crippen molar-refractivity contribution in [2.24, 2.45) is 5.92 Å². The molecule has 0 saturated carbocycles. The molecule has 0 radical (unpaired) electrons. The van der Waals surface area contributed by atoms with Gasteiger partial charge in [-0.3, -0.25) is 0 Å². The number of nitrogens with two attached hydrogens (primary N) is 1. The fourth-order valence-corrected chi connectivity index (χ4v) is 2.89. The van der Waals surface area contributed by atoms with Crippen LogP contribution in [0.4, 0.5) is 5.82 Å². The van der Waals surface area contributed by atoms with Crippen LogP contribution < -0.4 is 5.73 Å². The van der Waals surface area contributed by atoms with Gasteiger partial charge in [-0.2, -0.15) is 0 Å². The van der Waals surface area contributed by atoms with Crippen LogP contribution in [0.15, 0.2) is 42.6 Å². The van der Waals surface area contributed by atoms with Gasteiger partial charge in [-0.25, -0.2) is 4.98 Å². The molecule has 1 aliphatic rings. The summed E-state index contributed by atoms with van der Waals surface area (Å²) in [6.07, 6.45) is 3.95. The highest BCUT2D eigenvalue weighted by atomic mass is 16.3. The Bertz CT molecular complexity index is 557. The maximum absolute atomic E-state index is 10.4. The molecular weight excluding hydrogens is 236 g/mol. The quantitative estimate of drug-likeness (QED) is 0.880. The summed E-state index contributed by atoms with van der Waals surface area (Å²) in [5.74, 6) is 0.825. The molecule has 1 aromatic carbocycles. The fraction of sp³-hybridized carbons (Fsp3) is 0.312. The van der Waals surface area contributed by atoms with E-state index in [2.05, 4.69) is 29.2 Å². The number of aromatic nitrogens is 1. The summed E-state index contributed by atoms with van der Waals surface area (Å²) in [4.78, 5) is 3.97. The lowest BCUT2D eigenvalue weighted by Crippen LogP contribution is -2.23. The van der Waals surface area contributed by atoms with E-state index in [0.29, 0.717) is 18.2 Å². The summed E-state index contributed by atoms with van der Waals surface area (Å²) in [5.41, 5.74) is 9.47. The summed E-state index contributed by atoms with van der Waals surface area (Å²) >= 11 is 0. The Morgan fingerprint density at radius 1 is 1.21 bits per heavy atom. The van der Waals surface area contributed by atoms with E-state index in [4.69, 9.17) is 5.73 Å². The molecule has 3 N–H and O–H groups in total. The minimum Gasteiger partial charge on any atom is -0.392 e. The normalized spacial score (nSPS) is 16.3. The minimum atomic E-state index is -0.325. The van der Waals surface area contributed by atoms with Gasteiger partial charge in [0.1, 0.15) is 5.82 Å². The van der Waals surface area contributed by atoms with Crippen molar-refractivity contribution in [1.29, 1.82) is 0 Å². The first kappa shape index (κ1) is 12.2. The first-order chi connectivity index (χ1) is 9.22. The monoisotopic (exact) mass is 254 g/mol. The zero-order valence-corrected chi connectivity index (χ0v) is 10.8. The van der Waals surface area contributed by atoms with E-state index < -0.39 is 0 Å². The van der Waals surface area contributed by atoms with Gasteiger partial charge in [-0.15, -0.1) is 0 Å². The summed E-state index contributed by atoms with van der Waals surface area (Å²) in [6.45, 7) is 0. The SMILES string of the molecule is Nc1cc(CC(O)C2Cc3ccccc3C2)ccn1. The van der Waals surface area contributed by atoms with Gasteiger partial charge in [-0.05, 0) is 54.0 Å². The molecule has 1 aliphatic carbocycles. The number of aliphatic hydroxyl groups excluding tert-OH is 1. The Morgan fingerprint density at radius 3 is 2.53 bits per heavy atom. The third-order valence-corrected chi connectivity index (χ3v) is 3.92. The van der Waals surface area contributed by atoms with E-state index in [9.17, 15) is 5.11 Å². The lowest BCUT2D eigenvalue weighted by atomic mass is 9.94. The Hall–Kier alpha value is -1.87. The second-order valence-electron chi connectivity index (χ2n) is 5.30. The van der Waals surface area contributed by atoms with Crippen molar-refractivity contribution in [1.82, 2.24) is 4.98 Å². The molecule has 0 amide bonds. The van der Waals surface area contributed by atoms with Crippen LogP contribution in [-0.4, -0.2) is 16.2 Å². The van der Waals surface area contributed by atoms with Crippen LogP contribution >= 0.6 is 0 Å². The molecular formula is C16H18N2O.